The normalized spacial score (nSPS) is 15.5. The SMILES string of the molecule is Cc1ncc2c(n1)CCN(Cc1c(C)nc3sccn13)C2. The van der Waals surface area contributed by atoms with Gasteiger partial charge >= 0.3 is 0 Å². The first-order chi connectivity index (χ1) is 10.2. The number of aromatic nitrogens is 4. The van der Waals surface area contributed by atoms with Gasteiger partial charge in [0.2, 0.25) is 0 Å². The summed E-state index contributed by atoms with van der Waals surface area (Å²) in [5.74, 6) is 0.869. The Hall–Kier alpha value is -1.79. The predicted octanol–water partition coefficient (Wildman–Crippen LogP) is 2.36. The molecule has 5 nitrogen and oxygen atoms in total. The van der Waals surface area contributed by atoms with Crippen molar-refractivity contribution >= 4 is 16.3 Å². The Kier molecular flexibility index (Phi) is 3.01. The summed E-state index contributed by atoms with van der Waals surface area (Å²) in [6.45, 7) is 6.94. The monoisotopic (exact) mass is 299 g/mol. The minimum absolute atomic E-state index is 0.869. The van der Waals surface area contributed by atoms with E-state index in [9.17, 15) is 0 Å². The van der Waals surface area contributed by atoms with Crippen LogP contribution in [0.4, 0.5) is 0 Å². The Balaban J connectivity index is 1.60. The molecule has 0 atom stereocenters. The number of nitrogens with zero attached hydrogens (tertiary/aromatic N) is 5. The first-order valence-electron chi connectivity index (χ1n) is 7.15. The Morgan fingerprint density at radius 2 is 2.19 bits per heavy atom. The topological polar surface area (TPSA) is 46.3 Å². The van der Waals surface area contributed by atoms with Gasteiger partial charge in [-0.2, -0.15) is 0 Å². The van der Waals surface area contributed by atoms with E-state index >= 15 is 0 Å². The maximum atomic E-state index is 4.62. The van der Waals surface area contributed by atoms with Crippen molar-refractivity contribution in [2.24, 2.45) is 0 Å². The quantitative estimate of drug-likeness (QED) is 0.729. The van der Waals surface area contributed by atoms with E-state index in [1.54, 1.807) is 11.3 Å². The molecule has 1 aliphatic rings. The molecule has 3 aromatic heterocycles. The summed E-state index contributed by atoms with van der Waals surface area (Å²) in [6, 6.07) is 0. The molecule has 0 saturated heterocycles. The zero-order chi connectivity index (χ0) is 14.4. The molecule has 0 unspecified atom stereocenters. The second-order valence-electron chi connectivity index (χ2n) is 5.55. The third-order valence-corrected chi connectivity index (χ3v) is 4.82. The highest BCUT2D eigenvalue weighted by Crippen LogP contribution is 2.22. The highest BCUT2D eigenvalue weighted by molar-refractivity contribution is 7.15. The molecule has 0 N–H and O–H groups in total. The molecule has 0 saturated carbocycles. The fourth-order valence-corrected chi connectivity index (χ4v) is 3.73. The van der Waals surface area contributed by atoms with Gasteiger partial charge in [-0.15, -0.1) is 11.3 Å². The fourth-order valence-electron chi connectivity index (χ4n) is 2.95. The Morgan fingerprint density at radius 1 is 1.29 bits per heavy atom. The molecule has 1 aliphatic heterocycles. The van der Waals surface area contributed by atoms with Gasteiger partial charge in [0.05, 0.1) is 11.4 Å². The second kappa shape index (κ2) is 4.89. The number of imidazole rings is 1. The van der Waals surface area contributed by atoms with Crippen molar-refractivity contribution in [2.45, 2.75) is 33.4 Å². The van der Waals surface area contributed by atoms with Crippen molar-refractivity contribution in [1.82, 2.24) is 24.3 Å². The molecule has 0 amide bonds. The van der Waals surface area contributed by atoms with Crippen LogP contribution in [-0.2, 0) is 19.5 Å². The average Bonchev–Trinajstić information content (AvgIpc) is 3.02. The lowest BCUT2D eigenvalue weighted by molar-refractivity contribution is 0.239. The van der Waals surface area contributed by atoms with Crippen LogP contribution in [0.1, 0.15) is 28.5 Å². The van der Waals surface area contributed by atoms with E-state index in [1.165, 1.54) is 17.0 Å². The van der Waals surface area contributed by atoms with Crippen molar-refractivity contribution in [3.8, 4) is 0 Å². The van der Waals surface area contributed by atoms with E-state index in [1.807, 2.05) is 13.1 Å². The van der Waals surface area contributed by atoms with E-state index < -0.39 is 0 Å². The number of hydrogen-bond donors (Lipinski definition) is 0. The van der Waals surface area contributed by atoms with Crippen LogP contribution in [-0.4, -0.2) is 30.8 Å². The van der Waals surface area contributed by atoms with Gasteiger partial charge in [-0.1, -0.05) is 0 Å². The predicted molar refractivity (Wildman–Crippen MR) is 82.4 cm³/mol. The van der Waals surface area contributed by atoms with Crippen LogP contribution in [0.3, 0.4) is 0 Å². The van der Waals surface area contributed by atoms with Gasteiger partial charge in [0, 0.05) is 55.1 Å². The molecule has 21 heavy (non-hydrogen) atoms. The number of thiazole rings is 1. The Labute approximate surface area is 127 Å². The highest BCUT2D eigenvalue weighted by Gasteiger charge is 2.20. The molecular formula is C15H17N5S. The van der Waals surface area contributed by atoms with Crippen molar-refractivity contribution in [1.29, 1.82) is 0 Å². The first kappa shape index (κ1) is 12.9. The molecule has 0 fully saturated rings. The molecule has 0 bridgehead atoms. The minimum atomic E-state index is 0.869. The third-order valence-electron chi connectivity index (χ3n) is 4.07. The molecule has 4 heterocycles. The van der Waals surface area contributed by atoms with E-state index in [2.05, 4.69) is 42.8 Å². The molecule has 0 aliphatic carbocycles. The maximum absolute atomic E-state index is 4.62. The summed E-state index contributed by atoms with van der Waals surface area (Å²) < 4.78 is 2.21. The number of hydrogen-bond acceptors (Lipinski definition) is 5. The van der Waals surface area contributed by atoms with Crippen molar-refractivity contribution in [3.05, 3.63) is 46.2 Å². The number of aryl methyl sites for hydroxylation is 2. The molecule has 4 rings (SSSR count). The van der Waals surface area contributed by atoms with Crippen LogP contribution in [0.5, 0.6) is 0 Å². The summed E-state index contributed by atoms with van der Waals surface area (Å²) >= 11 is 1.69. The summed E-state index contributed by atoms with van der Waals surface area (Å²) in [5.41, 5.74) is 4.90. The number of rotatable bonds is 2. The number of fused-ring (bicyclic) bond motifs is 2. The molecule has 108 valence electrons. The summed E-state index contributed by atoms with van der Waals surface area (Å²) in [5, 5.41) is 2.09. The summed E-state index contributed by atoms with van der Waals surface area (Å²) in [7, 11) is 0. The van der Waals surface area contributed by atoms with Crippen LogP contribution in [0, 0.1) is 13.8 Å². The van der Waals surface area contributed by atoms with Crippen molar-refractivity contribution in [2.75, 3.05) is 6.54 Å². The average molecular weight is 299 g/mol. The van der Waals surface area contributed by atoms with Crippen LogP contribution >= 0.6 is 11.3 Å². The lowest BCUT2D eigenvalue weighted by Gasteiger charge is -2.27. The third kappa shape index (κ3) is 2.24. The van der Waals surface area contributed by atoms with Gasteiger partial charge in [-0.05, 0) is 13.8 Å². The molecule has 0 radical (unpaired) electrons. The lowest BCUT2D eigenvalue weighted by atomic mass is 10.1. The first-order valence-corrected chi connectivity index (χ1v) is 8.03. The Morgan fingerprint density at radius 3 is 3.10 bits per heavy atom. The van der Waals surface area contributed by atoms with E-state index in [4.69, 9.17) is 0 Å². The lowest BCUT2D eigenvalue weighted by Crippen LogP contribution is -2.31. The molecule has 6 heteroatoms. The molecule has 0 spiro atoms. The minimum Gasteiger partial charge on any atom is -0.293 e. The molecule has 3 aromatic rings. The summed E-state index contributed by atoms with van der Waals surface area (Å²) in [6.07, 6.45) is 5.09. The smallest absolute Gasteiger partial charge is 0.194 e. The van der Waals surface area contributed by atoms with E-state index in [-0.39, 0.29) is 0 Å². The van der Waals surface area contributed by atoms with Gasteiger partial charge in [0.15, 0.2) is 4.96 Å². The largest absolute Gasteiger partial charge is 0.293 e. The molecule has 0 aromatic carbocycles. The van der Waals surface area contributed by atoms with Crippen LogP contribution in [0.15, 0.2) is 17.8 Å². The van der Waals surface area contributed by atoms with Gasteiger partial charge < -0.3 is 0 Å². The highest BCUT2D eigenvalue weighted by atomic mass is 32.1. The van der Waals surface area contributed by atoms with Crippen LogP contribution in [0.25, 0.3) is 4.96 Å². The van der Waals surface area contributed by atoms with Crippen LogP contribution in [0.2, 0.25) is 0 Å². The van der Waals surface area contributed by atoms with Gasteiger partial charge in [0.1, 0.15) is 5.82 Å². The van der Waals surface area contributed by atoms with Gasteiger partial charge in [-0.25, -0.2) is 15.0 Å². The maximum Gasteiger partial charge on any atom is 0.194 e. The van der Waals surface area contributed by atoms with Gasteiger partial charge in [-0.3, -0.25) is 9.30 Å². The zero-order valence-corrected chi connectivity index (χ0v) is 13.0. The standard InChI is InChI=1S/C15H17N5S/c1-10-14(20-5-6-21-15(20)17-10)9-19-4-3-13-12(8-19)7-16-11(2)18-13/h5-7H,3-4,8-9H2,1-2H3. The van der Waals surface area contributed by atoms with Gasteiger partial charge in [0.25, 0.3) is 0 Å². The van der Waals surface area contributed by atoms with E-state index in [0.717, 1.165) is 42.5 Å². The van der Waals surface area contributed by atoms with Crippen LogP contribution < -0.4 is 0 Å². The summed E-state index contributed by atoms with van der Waals surface area (Å²) in [4.78, 5) is 17.0. The van der Waals surface area contributed by atoms with Crippen molar-refractivity contribution < 1.29 is 0 Å². The van der Waals surface area contributed by atoms with Crippen molar-refractivity contribution in [3.63, 3.8) is 0 Å². The second-order valence-corrected chi connectivity index (χ2v) is 6.42. The zero-order valence-electron chi connectivity index (χ0n) is 12.2. The molecular weight excluding hydrogens is 282 g/mol. The van der Waals surface area contributed by atoms with E-state index in [0.29, 0.717) is 0 Å². The Bertz CT molecular complexity index is 804. The fraction of sp³-hybridized carbons (Fsp3) is 0.400.